The van der Waals surface area contributed by atoms with E-state index in [0.717, 1.165) is 11.0 Å². The standard InChI is InChI=1S/C16H23N3O3/c1-11(2)8-12(20)9-17-15(21)10-19-14-7-5-4-6-13(14)18(3)16(19)22/h4-7,11-12,20H,8-10H2,1-3H3,(H,17,21). The lowest BCUT2D eigenvalue weighted by Gasteiger charge is -2.14. The largest absolute Gasteiger partial charge is 0.391 e. The number of hydrogen-bond donors (Lipinski definition) is 2. The highest BCUT2D eigenvalue weighted by Gasteiger charge is 2.14. The Morgan fingerprint density at radius 2 is 1.91 bits per heavy atom. The maximum absolute atomic E-state index is 12.2. The molecule has 22 heavy (non-hydrogen) atoms. The van der Waals surface area contributed by atoms with E-state index in [9.17, 15) is 14.7 Å². The van der Waals surface area contributed by atoms with Crippen molar-refractivity contribution in [1.29, 1.82) is 0 Å². The second-order valence-electron chi connectivity index (χ2n) is 6.00. The summed E-state index contributed by atoms with van der Waals surface area (Å²) in [5.41, 5.74) is 1.30. The van der Waals surface area contributed by atoms with Gasteiger partial charge in [0, 0.05) is 13.6 Å². The van der Waals surface area contributed by atoms with Crippen LogP contribution < -0.4 is 11.0 Å². The molecule has 2 N–H and O–H groups in total. The summed E-state index contributed by atoms with van der Waals surface area (Å²) in [5, 5.41) is 12.5. The molecule has 0 saturated heterocycles. The highest BCUT2D eigenvalue weighted by atomic mass is 16.3. The molecule has 0 spiro atoms. The quantitative estimate of drug-likeness (QED) is 0.831. The lowest BCUT2D eigenvalue weighted by atomic mass is 10.1. The third-order valence-corrected chi connectivity index (χ3v) is 3.63. The number of nitrogens with one attached hydrogen (secondary N) is 1. The van der Waals surface area contributed by atoms with Crippen LogP contribution in [0.15, 0.2) is 29.1 Å². The molecule has 6 nitrogen and oxygen atoms in total. The average molecular weight is 305 g/mol. The molecule has 1 aromatic carbocycles. The van der Waals surface area contributed by atoms with Crippen molar-refractivity contribution in [3.8, 4) is 0 Å². The lowest BCUT2D eigenvalue weighted by molar-refractivity contribution is -0.122. The first-order chi connectivity index (χ1) is 10.4. The first-order valence-corrected chi connectivity index (χ1v) is 7.49. The normalized spacial score (nSPS) is 12.8. The zero-order valence-electron chi connectivity index (χ0n) is 13.2. The maximum Gasteiger partial charge on any atom is 0.329 e. The van der Waals surface area contributed by atoms with Gasteiger partial charge in [0.2, 0.25) is 5.91 Å². The van der Waals surface area contributed by atoms with Gasteiger partial charge in [-0.15, -0.1) is 0 Å². The van der Waals surface area contributed by atoms with Gasteiger partial charge >= 0.3 is 5.69 Å². The van der Waals surface area contributed by atoms with E-state index in [1.165, 1.54) is 9.13 Å². The van der Waals surface area contributed by atoms with Crippen LogP contribution in [0.1, 0.15) is 20.3 Å². The number of rotatable bonds is 6. The Morgan fingerprint density at radius 1 is 1.27 bits per heavy atom. The molecular weight excluding hydrogens is 282 g/mol. The molecule has 0 saturated carbocycles. The van der Waals surface area contributed by atoms with E-state index in [1.54, 1.807) is 7.05 Å². The first kappa shape index (κ1) is 16.3. The van der Waals surface area contributed by atoms with Gasteiger partial charge in [-0.25, -0.2) is 4.79 Å². The number of aliphatic hydroxyl groups excluding tert-OH is 1. The fraction of sp³-hybridized carbons (Fsp3) is 0.500. The Hall–Kier alpha value is -2.08. The number of carbonyl (C=O) groups excluding carboxylic acids is 1. The number of fused-ring (bicyclic) bond motifs is 1. The number of imidazole rings is 1. The number of para-hydroxylation sites is 2. The lowest BCUT2D eigenvalue weighted by Crippen LogP contribution is -2.37. The smallest absolute Gasteiger partial charge is 0.329 e. The molecule has 1 atom stereocenters. The van der Waals surface area contributed by atoms with Gasteiger partial charge in [0.05, 0.1) is 17.1 Å². The minimum atomic E-state index is -0.562. The van der Waals surface area contributed by atoms with E-state index in [1.807, 2.05) is 38.1 Å². The van der Waals surface area contributed by atoms with Crippen molar-refractivity contribution >= 4 is 16.9 Å². The van der Waals surface area contributed by atoms with Crippen LogP contribution in [0.3, 0.4) is 0 Å². The van der Waals surface area contributed by atoms with Gasteiger partial charge in [-0.1, -0.05) is 26.0 Å². The molecule has 6 heteroatoms. The molecule has 1 heterocycles. The number of aryl methyl sites for hydroxylation is 1. The minimum Gasteiger partial charge on any atom is -0.391 e. The number of benzene rings is 1. The van der Waals surface area contributed by atoms with Crippen LogP contribution in [0.4, 0.5) is 0 Å². The van der Waals surface area contributed by atoms with Crippen LogP contribution in [0, 0.1) is 5.92 Å². The SMILES string of the molecule is CC(C)CC(O)CNC(=O)Cn1c(=O)n(C)c2ccccc21. The van der Waals surface area contributed by atoms with E-state index in [0.29, 0.717) is 12.3 Å². The van der Waals surface area contributed by atoms with Gasteiger partial charge in [0.25, 0.3) is 0 Å². The van der Waals surface area contributed by atoms with E-state index in [2.05, 4.69) is 5.32 Å². The molecule has 120 valence electrons. The van der Waals surface area contributed by atoms with Crippen molar-refractivity contribution in [1.82, 2.24) is 14.5 Å². The monoisotopic (exact) mass is 305 g/mol. The predicted octanol–water partition coefficient (Wildman–Crippen LogP) is 0.863. The van der Waals surface area contributed by atoms with Crippen molar-refractivity contribution < 1.29 is 9.90 Å². The van der Waals surface area contributed by atoms with Gasteiger partial charge in [0.1, 0.15) is 6.54 Å². The summed E-state index contributed by atoms with van der Waals surface area (Å²) in [6.45, 7) is 4.19. The third kappa shape index (κ3) is 3.57. The molecule has 0 radical (unpaired) electrons. The number of aliphatic hydroxyl groups is 1. The van der Waals surface area contributed by atoms with Gasteiger partial charge < -0.3 is 10.4 Å². The van der Waals surface area contributed by atoms with Crippen molar-refractivity contribution in [2.24, 2.45) is 13.0 Å². The average Bonchev–Trinajstić information content (AvgIpc) is 2.70. The van der Waals surface area contributed by atoms with Crippen molar-refractivity contribution in [2.75, 3.05) is 6.54 Å². The summed E-state index contributed by atoms with van der Waals surface area (Å²) in [6.07, 6.45) is 0.0716. The zero-order valence-corrected chi connectivity index (χ0v) is 13.2. The van der Waals surface area contributed by atoms with Crippen molar-refractivity contribution in [3.63, 3.8) is 0 Å². The fourth-order valence-corrected chi connectivity index (χ4v) is 2.57. The molecule has 2 rings (SSSR count). The zero-order chi connectivity index (χ0) is 16.3. The molecule has 0 aliphatic heterocycles. The molecule has 0 aliphatic carbocycles. The summed E-state index contributed by atoms with van der Waals surface area (Å²) >= 11 is 0. The molecule has 2 aromatic rings. The Balaban J connectivity index is 2.07. The molecular formula is C16H23N3O3. The Bertz CT molecular complexity index is 715. The van der Waals surface area contributed by atoms with Crippen LogP contribution in [0.25, 0.3) is 11.0 Å². The number of nitrogens with zero attached hydrogens (tertiary/aromatic N) is 2. The minimum absolute atomic E-state index is 0.0470. The summed E-state index contributed by atoms with van der Waals surface area (Å²) in [7, 11) is 1.69. The Morgan fingerprint density at radius 3 is 2.55 bits per heavy atom. The molecule has 0 aliphatic rings. The van der Waals surface area contributed by atoms with Crippen LogP contribution in [0.2, 0.25) is 0 Å². The van der Waals surface area contributed by atoms with Gasteiger partial charge in [-0.3, -0.25) is 13.9 Å². The Labute approximate surface area is 129 Å². The van der Waals surface area contributed by atoms with Crippen LogP contribution >= 0.6 is 0 Å². The molecule has 1 amide bonds. The van der Waals surface area contributed by atoms with E-state index in [4.69, 9.17) is 0 Å². The first-order valence-electron chi connectivity index (χ1n) is 7.49. The van der Waals surface area contributed by atoms with Gasteiger partial charge in [-0.2, -0.15) is 0 Å². The van der Waals surface area contributed by atoms with Crippen LogP contribution in [0.5, 0.6) is 0 Å². The van der Waals surface area contributed by atoms with Crippen molar-refractivity contribution in [2.45, 2.75) is 32.9 Å². The topological polar surface area (TPSA) is 76.3 Å². The van der Waals surface area contributed by atoms with E-state index >= 15 is 0 Å². The van der Waals surface area contributed by atoms with Gasteiger partial charge in [-0.05, 0) is 24.5 Å². The third-order valence-electron chi connectivity index (χ3n) is 3.63. The van der Waals surface area contributed by atoms with Crippen molar-refractivity contribution in [3.05, 3.63) is 34.7 Å². The molecule has 0 fully saturated rings. The Kier molecular flexibility index (Phi) is 5.03. The molecule has 0 bridgehead atoms. The highest BCUT2D eigenvalue weighted by Crippen LogP contribution is 2.11. The summed E-state index contributed by atoms with van der Waals surface area (Å²) in [6, 6.07) is 7.35. The fourth-order valence-electron chi connectivity index (χ4n) is 2.57. The van der Waals surface area contributed by atoms with Crippen LogP contribution in [-0.4, -0.2) is 32.8 Å². The maximum atomic E-state index is 12.2. The second-order valence-corrected chi connectivity index (χ2v) is 6.00. The molecule has 1 unspecified atom stereocenters. The molecule has 1 aromatic heterocycles. The number of aromatic nitrogens is 2. The van der Waals surface area contributed by atoms with Gasteiger partial charge in [0.15, 0.2) is 0 Å². The highest BCUT2D eigenvalue weighted by molar-refractivity contribution is 5.80. The summed E-state index contributed by atoms with van der Waals surface area (Å²) in [5.74, 6) is 0.0915. The van der Waals surface area contributed by atoms with Crippen LogP contribution in [-0.2, 0) is 18.4 Å². The second kappa shape index (κ2) is 6.79. The number of hydrogen-bond acceptors (Lipinski definition) is 3. The summed E-state index contributed by atoms with van der Waals surface area (Å²) < 4.78 is 2.97. The number of carbonyl (C=O) groups is 1. The predicted molar refractivity (Wildman–Crippen MR) is 85.7 cm³/mol. The van der Waals surface area contributed by atoms with E-state index < -0.39 is 6.10 Å². The number of amides is 1. The summed E-state index contributed by atoms with van der Waals surface area (Å²) in [4.78, 5) is 24.2. The van der Waals surface area contributed by atoms with E-state index in [-0.39, 0.29) is 24.7 Å².